The molecule has 1 aromatic carbocycles. The van der Waals surface area contributed by atoms with Crippen molar-refractivity contribution in [1.29, 1.82) is 0 Å². The molecule has 4 heteroatoms. The van der Waals surface area contributed by atoms with Gasteiger partial charge in [-0.1, -0.05) is 18.5 Å². The van der Waals surface area contributed by atoms with Gasteiger partial charge in [0.05, 0.1) is 12.7 Å². The van der Waals surface area contributed by atoms with Gasteiger partial charge in [-0.2, -0.15) is 0 Å². The number of ether oxygens (including phenoxy) is 2. The molecule has 1 unspecified atom stereocenters. The molecule has 17 heavy (non-hydrogen) atoms. The first kappa shape index (κ1) is 14.3. The summed E-state index contributed by atoms with van der Waals surface area (Å²) in [5.74, 6) is 0.657. The fraction of sp³-hybridized carbons (Fsp3) is 0.538. The Morgan fingerprint density at radius 3 is 2.71 bits per heavy atom. The average molecular weight is 259 g/mol. The van der Waals surface area contributed by atoms with Gasteiger partial charge >= 0.3 is 0 Å². The second-order valence-electron chi connectivity index (χ2n) is 3.82. The largest absolute Gasteiger partial charge is 0.491 e. The maximum Gasteiger partial charge on any atom is 0.125 e. The van der Waals surface area contributed by atoms with Gasteiger partial charge in [0.1, 0.15) is 12.4 Å². The molecule has 0 aromatic heterocycles. The van der Waals surface area contributed by atoms with E-state index in [1.54, 1.807) is 25.1 Å². The molecule has 0 saturated heterocycles. The van der Waals surface area contributed by atoms with Crippen molar-refractivity contribution >= 4 is 11.6 Å². The number of benzene rings is 1. The first-order chi connectivity index (χ1) is 8.15. The van der Waals surface area contributed by atoms with E-state index in [1.165, 1.54) is 0 Å². The van der Waals surface area contributed by atoms with Crippen molar-refractivity contribution in [3.63, 3.8) is 0 Å². The highest BCUT2D eigenvalue weighted by Crippen LogP contribution is 2.28. The van der Waals surface area contributed by atoms with E-state index in [1.807, 2.05) is 0 Å². The first-order valence-electron chi connectivity index (χ1n) is 5.83. The van der Waals surface area contributed by atoms with Crippen molar-refractivity contribution in [2.24, 2.45) is 0 Å². The number of aliphatic hydroxyl groups is 1. The number of hydrogen-bond donors (Lipinski definition) is 1. The molecule has 0 fully saturated rings. The molecule has 1 aromatic rings. The summed E-state index contributed by atoms with van der Waals surface area (Å²) >= 11 is 5.87. The normalized spacial score (nSPS) is 12.5. The molecule has 0 radical (unpaired) electrons. The van der Waals surface area contributed by atoms with Gasteiger partial charge in [0, 0.05) is 17.2 Å². The Morgan fingerprint density at radius 2 is 2.06 bits per heavy atom. The second kappa shape index (κ2) is 7.54. The maximum atomic E-state index is 9.60. The Kier molecular flexibility index (Phi) is 6.34. The lowest BCUT2D eigenvalue weighted by molar-refractivity contribution is 0.0986. The molecule has 96 valence electrons. The van der Waals surface area contributed by atoms with E-state index < -0.39 is 6.10 Å². The minimum absolute atomic E-state index is 0.474. The summed E-state index contributed by atoms with van der Waals surface area (Å²) in [6, 6.07) is 5.23. The summed E-state index contributed by atoms with van der Waals surface area (Å²) in [6.45, 7) is 5.52. The van der Waals surface area contributed by atoms with Crippen LogP contribution in [-0.4, -0.2) is 24.9 Å². The Bertz CT molecular complexity index is 339. The quantitative estimate of drug-likeness (QED) is 0.764. The van der Waals surface area contributed by atoms with Gasteiger partial charge in [0.2, 0.25) is 0 Å². The summed E-state index contributed by atoms with van der Waals surface area (Å²) in [7, 11) is 0. The zero-order valence-electron chi connectivity index (χ0n) is 10.3. The lowest BCUT2D eigenvalue weighted by Gasteiger charge is -2.13. The van der Waals surface area contributed by atoms with Crippen LogP contribution in [0.1, 0.15) is 31.9 Å². The summed E-state index contributed by atoms with van der Waals surface area (Å²) in [4.78, 5) is 0. The standard InChI is InChI=1S/C13H19ClO3/c1-3-6-16-7-8-17-13-5-4-11(14)9-12(13)10(2)15/h4-5,9-10,15H,3,6-8H2,1-2H3. The predicted octanol–water partition coefficient (Wildman–Crippen LogP) is 3.20. The van der Waals surface area contributed by atoms with Crippen LogP contribution in [0.15, 0.2) is 18.2 Å². The van der Waals surface area contributed by atoms with Crippen molar-refractivity contribution in [3.8, 4) is 5.75 Å². The van der Waals surface area contributed by atoms with E-state index in [2.05, 4.69) is 6.92 Å². The molecule has 0 amide bonds. The molecule has 0 spiro atoms. The molecule has 1 atom stereocenters. The third-order valence-electron chi connectivity index (χ3n) is 2.26. The lowest BCUT2D eigenvalue weighted by atomic mass is 10.1. The van der Waals surface area contributed by atoms with E-state index in [0.29, 0.717) is 29.5 Å². The molecule has 0 aliphatic carbocycles. The van der Waals surface area contributed by atoms with Crippen LogP contribution < -0.4 is 4.74 Å². The van der Waals surface area contributed by atoms with Crippen LogP contribution >= 0.6 is 11.6 Å². The Labute approximate surface area is 107 Å². The van der Waals surface area contributed by atoms with Crippen LogP contribution in [0.4, 0.5) is 0 Å². The van der Waals surface area contributed by atoms with Crippen LogP contribution in [-0.2, 0) is 4.74 Å². The summed E-state index contributed by atoms with van der Waals surface area (Å²) in [5.41, 5.74) is 0.702. The molecule has 1 N–H and O–H groups in total. The molecule has 0 aliphatic heterocycles. The third-order valence-corrected chi connectivity index (χ3v) is 2.49. The smallest absolute Gasteiger partial charge is 0.125 e. The van der Waals surface area contributed by atoms with E-state index in [-0.39, 0.29) is 0 Å². The molecular weight excluding hydrogens is 240 g/mol. The second-order valence-corrected chi connectivity index (χ2v) is 4.26. The van der Waals surface area contributed by atoms with Gasteiger partial charge in [-0.05, 0) is 31.5 Å². The lowest BCUT2D eigenvalue weighted by Crippen LogP contribution is -2.09. The van der Waals surface area contributed by atoms with E-state index in [9.17, 15) is 5.11 Å². The van der Waals surface area contributed by atoms with Crippen molar-refractivity contribution < 1.29 is 14.6 Å². The highest BCUT2D eigenvalue weighted by atomic mass is 35.5. The first-order valence-corrected chi connectivity index (χ1v) is 6.21. The van der Waals surface area contributed by atoms with Gasteiger partial charge < -0.3 is 14.6 Å². The monoisotopic (exact) mass is 258 g/mol. The zero-order chi connectivity index (χ0) is 12.7. The highest BCUT2D eigenvalue weighted by Gasteiger charge is 2.09. The molecule has 0 saturated carbocycles. The Morgan fingerprint density at radius 1 is 1.29 bits per heavy atom. The van der Waals surface area contributed by atoms with Crippen molar-refractivity contribution in [1.82, 2.24) is 0 Å². The summed E-state index contributed by atoms with van der Waals surface area (Å²) in [5, 5.41) is 10.2. The summed E-state index contributed by atoms with van der Waals surface area (Å²) in [6.07, 6.45) is 0.403. The van der Waals surface area contributed by atoms with Gasteiger partial charge in [-0.3, -0.25) is 0 Å². The number of aliphatic hydroxyl groups excluding tert-OH is 1. The van der Waals surface area contributed by atoms with Crippen molar-refractivity contribution in [2.75, 3.05) is 19.8 Å². The Hall–Kier alpha value is -0.770. The minimum atomic E-state index is -0.597. The van der Waals surface area contributed by atoms with Gasteiger partial charge in [-0.25, -0.2) is 0 Å². The van der Waals surface area contributed by atoms with Crippen LogP contribution in [0.3, 0.4) is 0 Å². The SMILES string of the molecule is CCCOCCOc1ccc(Cl)cc1C(C)O. The zero-order valence-corrected chi connectivity index (χ0v) is 11.0. The van der Waals surface area contributed by atoms with Crippen LogP contribution in [0.2, 0.25) is 5.02 Å². The highest BCUT2D eigenvalue weighted by molar-refractivity contribution is 6.30. The Balaban J connectivity index is 2.52. The van der Waals surface area contributed by atoms with Crippen molar-refractivity contribution in [2.45, 2.75) is 26.4 Å². The van der Waals surface area contributed by atoms with E-state index in [0.717, 1.165) is 13.0 Å². The molecule has 1 rings (SSSR count). The topological polar surface area (TPSA) is 38.7 Å². The van der Waals surface area contributed by atoms with Gasteiger partial charge in [0.15, 0.2) is 0 Å². The van der Waals surface area contributed by atoms with Crippen molar-refractivity contribution in [3.05, 3.63) is 28.8 Å². The minimum Gasteiger partial charge on any atom is -0.491 e. The number of halogens is 1. The van der Waals surface area contributed by atoms with Crippen LogP contribution in [0.5, 0.6) is 5.75 Å². The number of rotatable bonds is 7. The third kappa shape index (κ3) is 4.94. The molecule has 0 aliphatic rings. The average Bonchev–Trinajstić information content (AvgIpc) is 2.30. The van der Waals surface area contributed by atoms with E-state index >= 15 is 0 Å². The molecule has 0 heterocycles. The maximum absolute atomic E-state index is 9.60. The fourth-order valence-electron chi connectivity index (χ4n) is 1.43. The van der Waals surface area contributed by atoms with E-state index in [4.69, 9.17) is 21.1 Å². The van der Waals surface area contributed by atoms with Crippen LogP contribution in [0, 0.1) is 0 Å². The molecule has 0 bridgehead atoms. The van der Waals surface area contributed by atoms with Crippen LogP contribution in [0.25, 0.3) is 0 Å². The number of hydrogen-bond acceptors (Lipinski definition) is 3. The van der Waals surface area contributed by atoms with Gasteiger partial charge in [-0.15, -0.1) is 0 Å². The fourth-order valence-corrected chi connectivity index (χ4v) is 1.61. The summed E-state index contributed by atoms with van der Waals surface area (Å²) < 4.78 is 10.9. The van der Waals surface area contributed by atoms with Gasteiger partial charge in [0.25, 0.3) is 0 Å². The molecule has 3 nitrogen and oxygen atoms in total. The molecular formula is C13H19ClO3. The predicted molar refractivity (Wildman–Crippen MR) is 68.7 cm³/mol.